The quantitative estimate of drug-likeness (QED) is 0.708. The molecule has 0 saturated carbocycles. The van der Waals surface area contributed by atoms with Crippen LogP contribution in [0.1, 0.15) is 19.4 Å². The van der Waals surface area contributed by atoms with Crippen molar-refractivity contribution in [1.29, 1.82) is 0 Å². The van der Waals surface area contributed by atoms with Crippen LogP contribution in [0.5, 0.6) is 0 Å². The second-order valence-corrected chi connectivity index (χ2v) is 5.62. The van der Waals surface area contributed by atoms with Crippen molar-refractivity contribution in [3.05, 3.63) is 36.0 Å². The summed E-state index contributed by atoms with van der Waals surface area (Å²) >= 11 is 0. The highest BCUT2D eigenvalue weighted by Gasteiger charge is 2.25. The standard InChI is InChI=1S/C17H21N3O4/c1-11(17(23)24)20(8-7-18-12(2)21)16(22)9-13-10-19-15-6-4-3-5-14(13)15/h3-6,10-11,19H,7-9H2,1-2H3,(H,18,21)(H,23,24). The number of aromatic amines is 1. The molecule has 24 heavy (non-hydrogen) atoms. The zero-order valence-corrected chi connectivity index (χ0v) is 13.7. The average Bonchev–Trinajstić information content (AvgIpc) is 2.93. The van der Waals surface area contributed by atoms with Gasteiger partial charge in [0, 0.05) is 37.1 Å². The fourth-order valence-electron chi connectivity index (χ4n) is 2.56. The van der Waals surface area contributed by atoms with E-state index < -0.39 is 12.0 Å². The Kier molecular flexibility index (Phi) is 5.57. The second-order valence-electron chi connectivity index (χ2n) is 5.62. The summed E-state index contributed by atoms with van der Waals surface area (Å²) in [5.74, 6) is -1.59. The number of hydrogen-bond donors (Lipinski definition) is 3. The van der Waals surface area contributed by atoms with Crippen molar-refractivity contribution in [3.8, 4) is 0 Å². The number of para-hydroxylation sites is 1. The first-order valence-corrected chi connectivity index (χ1v) is 7.72. The van der Waals surface area contributed by atoms with Crippen LogP contribution in [0, 0.1) is 0 Å². The number of hydrogen-bond acceptors (Lipinski definition) is 3. The molecule has 0 aliphatic rings. The van der Waals surface area contributed by atoms with E-state index >= 15 is 0 Å². The number of carbonyl (C=O) groups is 3. The van der Waals surface area contributed by atoms with Crippen LogP contribution >= 0.6 is 0 Å². The number of carboxylic acid groups (broad SMARTS) is 1. The molecule has 0 bridgehead atoms. The number of carbonyl (C=O) groups excluding carboxylic acids is 2. The predicted octanol–water partition coefficient (Wildman–Crippen LogP) is 1.15. The summed E-state index contributed by atoms with van der Waals surface area (Å²) in [5.41, 5.74) is 1.74. The van der Waals surface area contributed by atoms with Crippen LogP contribution in [-0.2, 0) is 20.8 Å². The zero-order valence-electron chi connectivity index (χ0n) is 13.7. The topological polar surface area (TPSA) is 103 Å². The van der Waals surface area contributed by atoms with Gasteiger partial charge in [-0.05, 0) is 18.6 Å². The lowest BCUT2D eigenvalue weighted by molar-refractivity contribution is -0.149. The van der Waals surface area contributed by atoms with Crippen LogP contribution in [-0.4, -0.2) is 51.9 Å². The lowest BCUT2D eigenvalue weighted by atomic mass is 10.1. The molecule has 128 valence electrons. The Balaban J connectivity index is 2.14. The Labute approximate surface area is 139 Å². The molecular weight excluding hydrogens is 310 g/mol. The van der Waals surface area contributed by atoms with Gasteiger partial charge in [-0.1, -0.05) is 18.2 Å². The number of fused-ring (bicyclic) bond motifs is 1. The first-order chi connectivity index (χ1) is 11.4. The van der Waals surface area contributed by atoms with Crippen LogP contribution in [0.2, 0.25) is 0 Å². The summed E-state index contributed by atoms with van der Waals surface area (Å²) < 4.78 is 0. The van der Waals surface area contributed by atoms with Gasteiger partial charge < -0.3 is 20.3 Å². The Bertz CT molecular complexity index is 753. The molecule has 1 aromatic heterocycles. The molecule has 0 spiro atoms. The molecule has 3 N–H and O–H groups in total. The number of aliphatic carboxylic acids is 1. The SMILES string of the molecule is CC(=O)NCCN(C(=O)Cc1c[nH]c2ccccc12)C(C)C(=O)O. The van der Waals surface area contributed by atoms with E-state index in [0.717, 1.165) is 16.5 Å². The molecule has 0 fully saturated rings. The number of carboxylic acids is 1. The minimum Gasteiger partial charge on any atom is -0.480 e. The van der Waals surface area contributed by atoms with Crippen LogP contribution in [0.3, 0.4) is 0 Å². The van der Waals surface area contributed by atoms with E-state index in [1.54, 1.807) is 6.20 Å². The number of nitrogens with zero attached hydrogens (tertiary/aromatic N) is 1. The Morgan fingerprint density at radius 3 is 2.67 bits per heavy atom. The summed E-state index contributed by atoms with van der Waals surface area (Å²) in [6, 6.07) is 6.65. The summed E-state index contributed by atoms with van der Waals surface area (Å²) in [7, 11) is 0. The lowest BCUT2D eigenvalue weighted by Crippen LogP contribution is -2.47. The van der Waals surface area contributed by atoms with Crippen molar-refractivity contribution in [2.24, 2.45) is 0 Å². The Morgan fingerprint density at radius 2 is 2.00 bits per heavy atom. The summed E-state index contributed by atoms with van der Waals surface area (Å²) in [6.07, 6.45) is 1.86. The number of nitrogens with one attached hydrogen (secondary N) is 2. The largest absolute Gasteiger partial charge is 0.480 e. The molecule has 7 nitrogen and oxygen atoms in total. The van der Waals surface area contributed by atoms with Crippen molar-refractivity contribution in [1.82, 2.24) is 15.2 Å². The van der Waals surface area contributed by atoms with Crippen LogP contribution in [0.4, 0.5) is 0 Å². The van der Waals surface area contributed by atoms with Gasteiger partial charge >= 0.3 is 5.97 Å². The van der Waals surface area contributed by atoms with E-state index in [1.807, 2.05) is 24.3 Å². The summed E-state index contributed by atoms with van der Waals surface area (Å²) in [6.45, 7) is 3.20. The molecule has 0 aliphatic carbocycles. The Morgan fingerprint density at radius 1 is 1.29 bits per heavy atom. The summed E-state index contributed by atoms with van der Waals surface area (Å²) in [5, 5.41) is 12.7. The fraction of sp³-hybridized carbons (Fsp3) is 0.353. The van der Waals surface area contributed by atoms with Crippen molar-refractivity contribution >= 4 is 28.7 Å². The molecular formula is C17H21N3O4. The highest BCUT2D eigenvalue weighted by molar-refractivity contribution is 5.90. The number of amides is 2. The van der Waals surface area contributed by atoms with Gasteiger partial charge in [0.1, 0.15) is 6.04 Å². The van der Waals surface area contributed by atoms with E-state index in [9.17, 15) is 19.5 Å². The van der Waals surface area contributed by atoms with Crippen LogP contribution in [0.25, 0.3) is 10.9 Å². The first-order valence-electron chi connectivity index (χ1n) is 7.72. The van der Waals surface area contributed by atoms with Gasteiger partial charge in [-0.2, -0.15) is 0 Å². The smallest absolute Gasteiger partial charge is 0.326 e. The number of aromatic nitrogens is 1. The minimum absolute atomic E-state index is 0.0989. The number of rotatable bonds is 7. The molecule has 2 amide bonds. The molecule has 2 rings (SSSR count). The monoisotopic (exact) mass is 331 g/mol. The summed E-state index contributed by atoms with van der Waals surface area (Å²) in [4.78, 5) is 39.2. The molecule has 0 aliphatic heterocycles. The number of benzene rings is 1. The molecule has 0 saturated heterocycles. The minimum atomic E-state index is -1.08. The third-order valence-corrected chi connectivity index (χ3v) is 3.89. The maximum absolute atomic E-state index is 12.6. The molecule has 1 heterocycles. The maximum atomic E-state index is 12.6. The van der Waals surface area contributed by atoms with Gasteiger partial charge in [-0.25, -0.2) is 4.79 Å². The van der Waals surface area contributed by atoms with Crippen molar-refractivity contribution in [2.75, 3.05) is 13.1 Å². The van der Waals surface area contributed by atoms with Crippen molar-refractivity contribution < 1.29 is 19.5 Å². The lowest BCUT2D eigenvalue weighted by Gasteiger charge is -2.26. The van der Waals surface area contributed by atoms with Crippen LogP contribution < -0.4 is 5.32 Å². The van der Waals surface area contributed by atoms with E-state index in [0.29, 0.717) is 0 Å². The molecule has 1 unspecified atom stereocenters. The Hall–Kier alpha value is -2.83. The molecule has 2 aromatic rings. The van der Waals surface area contributed by atoms with Gasteiger partial charge in [-0.15, -0.1) is 0 Å². The van der Waals surface area contributed by atoms with Gasteiger partial charge in [-0.3, -0.25) is 9.59 Å². The second kappa shape index (κ2) is 7.63. The third-order valence-electron chi connectivity index (χ3n) is 3.89. The normalized spacial score (nSPS) is 11.9. The van der Waals surface area contributed by atoms with Crippen LogP contribution in [0.15, 0.2) is 30.5 Å². The number of H-pyrrole nitrogens is 1. The van der Waals surface area contributed by atoms with E-state index in [2.05, 4.69) is 10.3 Å². The van der Waals surface area contributed by atoms with Crippen molar-refractivity contribution in [2.45, 2.75) is 26.3 Å². The van der Waals surface area contributed by atoms with Gasteiger partial charge in [0.2, 0.25) is 11.8 Å². The molecule has 7 heteroatoms. The maximum Gasteiger partial charge on any atom is 0.326 e. The molecule has 1 atom stereocenters. The van der Waals surface area contributed by atoms with E-state index in [4.69, 9.17) is 0 Å². The van der Waals surface area contributed by atoms with E-state index in [1.165, 1.54) is 18.7 Å². The van der Waals surface area contributed by atoms with Gasteiger partial charge in [0.15, 0.2) is 0 Å². The zero-order chi connectivity index (χ0) is 17.7. The third kappa shape index (κ3) is 4.13. The van der Waals surface area contributed by atoms with Crippen molar-refractivity contribution in [3.63, 3.8) is 0 Å². The molecule has 0 radical (unpaired) electrons. The fourth-order valence-corrected chi connectivity index (χ4v) is 2.56. The first kappa shape index (κ1) is 17.5. The average molecular weight is 331 g/mol. The molecule has 1 aromatic carbocycles. The highest BCUT2D eigenvalue weighted by Crippen LogP contribution is 2.19. The highest BCUT2D eigenvalue weighted by atomic mass is 16.4. The van der Waals surface area contributed by atoms with E-state index in [-0.39, 0.29) is 31.3 Å². The van der Waals surface area contributed by atoms with Gasteiger partial charge in [0.25, 0.3) is 0 Å². The predicted molar refractivity (Wildman–Crippen MR) is 89.5 cm³/mol. The van der Waals surface area contributed by atoms with Gasteiger partial charge in [0.05, 0.1) is 6.42 Å².